The van der Waals surface area contributed by atoms with Crippen molar-refractivity contribution in [3.63, 3.8) is 0 Å². The Morgan fingerprint density at radius 1 is 1.11 bits per heavy atom. The van der Waals surface area contributed by atoms with Gasteiger partial charge < -0.3 is 19.3 Å². The third kappa shape index (κ3) is 4.94. The predicted molar refractivity (Wildman–Crippen MR) is 131 cm³/mol. The number of carbonyl (C=O) groups excluding carboxylic acids is 1. The number of nitrogens with zero attached hydrogens (tertiary/aromatic N) is 4. The number of pyridine rings is 1. The number of halogens is 1. The number of H-pyrrole nitrogens is 1. The molecule has 1 aliphatic heterocycles. The third-order valence-corrected chi connectivity index (χ3v) is 6.32. The standard InChI is InChI=1S/C26H26FN5O3/c1-17-9-10-21-18(15-17)16-19(26(34)28-21)25-29-23(35-30-25)7-4-8-24(33)32-13-11-31(12-14-32)22-6-3-2-5-20(22)27/h2-3,5-6,9-10,15-16H,4,7-8,11-14H2,1H3,(H,28,34). The van der Waals surface area contributed by atoms with Crippen LogP contribution in [0, 0.1) is 12.7 Å². The van der Waals surface area contributed by atoms with E-state index in [-0.39, 0.29) is 23.1 Å². The number of nitrogens with one attached hydrogen (secondary N) is 1. The average Bonchev–Trinajstić information content (AvgIpc) is 3.33. The van der Waals surface area contributed by atoms with Crippen LogP contribution >= 0.6 is 0 Å². The minimum atomic E-state index is -0.279. The van der Waals surface area contributed by atoms with E-state index in [9.17, 15) is 14.0 Å². The summed E-state index contributed by atoms with van der Waals surface area (Å²) in [5.41, 5.74) is 2.48. The first-order valence-electron chi connectivity index (χ1n) is 11.7. The lowest BCUT2D eigenvalue weighted by atomic mass is 10.1. The van der Waals surface area contributed by atoms with Gasteiger partial charge in [-0.2, -0.15) is 4.98 Å². The Bertz CT molecular complexity index is 1420. The van der Waals surface area contributed by atoms with Crippen LogP contribution in [-0.4, -0.2) is 52.1 Å². The van der Waals surface area contributed by atoms with E-state index < -0.39 is 0 Å². The molecule has 35 heavy (non-hydrogen) atoms. The second kappa shape index (κ2) is 9.69. The number of anilines is 1. The van der Waals surface area contributed by atoms with Crippen molar-refractivity contribution in [3.8, 4) is 11.4 Å². The molecule has 0 aliphatic carbocycles. The number of hydrogen-bond donors (Lipinski definition) is 1. The van der Waals surface area contributed by atoms with E-state index in [1.807, 2.05) is 41.0 Å². The minimum absolute atomic E-state index is 0.0549. The maximum Gasteiger partial charge on any atom is 0.259 e. The molecule has 0 atom stereocenters. The zero-order valence-corrected chi connectivity index (χ0v) is 19.5. The molecule has 4 aromatic rings. The van der Waals surface area contributed by atoms with Crippen molar-refractivity contribution in [3.05, 3.63) is 76.2 Å². The third-order valence-electron chi connectivity index (χ3n) is 6.32. The summed E-state index contributed by atoms with van der Waals surface area (Å²) in [4.78, 5) is 36.1. The lowest BCUT2D eigenvalue weighted by Crippen LogP contribution is -2.49. The number of para-hydroxylation sites is 1. The molecule has 0 spiro atoms. The molecule has 9 heteroatoms. The Hall–Kier alpha value is -4.01. The van der Waals surface area contributed by atoms with Gasteiger partial charge in [0.05, 0.1) is 11.3 Å². The van der Waals surface area contributed by atoms with Gasteiger partial charge in [-0.1, -0.05) is 28.9 Å². The average molecular weight is 476 g/mol. The van der Waals surface area contributed by atoms with E-state index in [0.717, 1.165) is 16.5 Å². The Morgan fingerprint density at radius 2 is 1.91 bits per heavy atom. The summed E-state index contributed by atoms with van der Waals surface area (Å²) in [6.07, 6.45) is 1.35. The van der Waals surface area contributed by atoms with Crippen molar-refractivity contribution in [2.75, 3.05) is 31.1 Å². The molecule has 1 amide bonds. The smallest absolute Gasteiger partial charge is 0.259 e. The highest BCUT2D eigenvalue weighted by atomic mass is 19.1. The van der Waals surface area contributed by atoms with Crippen LogP contribution in [-0.2, 0) is 11.2 Å². The van der Waals surface area contributed by atoms with Gasteiger partial charge in [-0.05, 0) is 49.1 Å². The lowest BCUT2D eigenvalue weighted by molar-refractivity contribution is -0.131. The van der Waals surface area contributed by atoms with Crippen LogP contribution in [0.25, 0.3) is 22.3 Å². The maximum atomic E-state index is 14.0. The number of aryl methyl sites for hydroxylation is 2. The molecule has 1 aliphatic rings. The van der Waals surface area contributed by atoms with Gasteiger partial charge in [-0.3, -0.25) is 9.59 Å². The molecule has 180 valence electrons. The molecule has 0 radical (unpaired) electrons. The predicted octanol–water partition coefficient (Wildman–Crippen LogP) is 3.70. The number of fused-ring (bicyclic) bond motifs is 1. The van der Waals surface area contributed by atoms with Crippen LogP contribution in [0.2, 0.25) is 0 Å². The zero-order chi connectivity index (χ0) is 24.4. The van der Waals surface area contributed by atoms with Gasteiger partial charge in [0.1, 0.15) is 5.82 Å². The van der Waals surface area contributed by atoms with E-state index >= 15 is 0 Å². The molecule has 2 aromatic heterocycles. The Labute approximate surface area is 201 Å². The highest BCUT2D eigenvalue weighted by Crippen LogP contribution is 2.21. The van der Waals surface area contributed by atoms with E-state index in [1.165, 1.54) is 6.07 Å². The number of hydrogen-bond acceptors (Lipinski definition) is 6. The second-order valence-corrected chi connectivity index (χ2v) is 8.79. The van der Waals surface area contributed by atoms with Gasteiger partial charge in [-0.25, -0.2) is 4.39 Å². The van der Waals surface area contributed by atoms with E-state index in [0.29, 0.717) is 62.6 Å². The SMILES string of the molecule is Cc1ccc2[nH]c(=O)c(-c3noc(CCCC(=O)N4CCN(c5ccccc5F)CC4)n3)cc2c1. The van der Waals surface area contributed by atoms with Gasteiger partial charge in [0, 0.05) is 44.5 Å². The van der Waals surface area contributed by atoms with Crippen LogP contribution in [0.1, 0.15) is 24.3 Å². The van der Waals surface area contributed by atoms with Crippen LogP contribution in [0.15, 0.2) is 57.8 Å². The molecule has 1 saturated heterocycles. The summed E-state index contributed by atoms with van der Waals surface area (Å²) < 4.78 is 19.3. The molecular weight excluding hydrogens is 449 g/mol. The monoisotopic (exact) mass is 475 g/mol. The molecule has 1 fully saturated rings. The molecular formula is C26H26FN5O3. The highest BCUT2D eigenvalue weighted by molar-refractivity contribution is 5.83. The number of amides is 1. The molecule has 0 saturated carbocycles. The van der Waals surface area contributed by atoms with Gasteiger partial charge in [0.15, 0.2) is 0 Å². The topological polar surface area (TPSA) is 95.3 Å². The fourth-order valence-electron chi connectivity index (χ4n) is 4.41. The van der Waals surface area contributed by atoms with Crippen molar-refractivity contribution >= 4 is 22.5 Å². The number of aromatic nitrogens is 3. The quantitative estimate of drug-likeness (QED) is 0.457. The first kappa shape index (κ1) is 22.8. The van der Waals surface area contributed by atoms with Crippen LogP contribution in [0.4, 0.5) is 10.1 Å². The van der Waals surface area contributed by atoms with Gasteiger partial charge in [0.2, 0.25) is 17.6 Å². The van der Waals surface area contributed by atoms with Gasteiger partial charge in [-0.15, -0.1) is 0 Å². The number of rotatable bonds is 6. The zero-order valence-electron chi connectivity index (χ0n) is 19.5. The molecule has 5 rings (SSSR count). The Kier molecular flexibility index (Phi) is 6.31. The van der Waals surface area contributed by atoms with Crippen LogP contribution < -0.4 is 10.5 Å². The number of aromatic amines is 1. The Balaban J connectivity index is 1.15. The largest absolute Gasteiger partial charge is 0.366 e. The number of piperazine rings is 1. The summed E-state index contributed by atoms with van der Waals surface area (Å²) in [5, 5.41) is 4.87. The van der Waals surface area contributed by atoms with Crippen molar-refractivity contribution in [1.82, 2.24) is 20.0 Å². The van der Waals surface area contributed by atoms with Crippen LogP contribution in [0.3, 0.4) is 0 Å². The summed E-state index contributed by atoms with van der Waals surface area (Å²) in [6.45, 7) is 4.30. The van der Waals surface area contributed by atoms with Gasteiger partial charge in [0.25, 0.3) is 5.56 Å². The molecule has 3 heterocycles. The fourth-order valence-corrected chi connectivity index (χ4v) is 4.41. The lowest BCUT2D eigenvalue weighted by Gasteiger charge is -2.36. The Morgan fingerprint density at radius 3 is 2.71 bits per heavy atom. The highest BCUT2D eigenvalue weighted by Gasteiger charge is 2.22. The van der Waals surface area contributed by atoms with Crippen LogP contribution in [0.5, 0.6) is 0 Å². The van der Waals surface area contributed by atoms with Crippen molar-refractivity contribution in [1.29, 1.82) is 0 Å². The first-order chi connectivity index (χ1) is 17.0. The number of carbonyl (C=O) groups is 1. The summed E-state index contributed by atoms with van der Waals surface area (Å²) in [6, 6.07) is 14.3. The van der Waals surface area contributed by atoms with Crippen molar-refractivity contribution in [2.24, 2.45) is 0 Å². The summed E-state index contributed by atoms with van der Waals surface area (Å²) in [7, 11) is 0. The van der Waals surface area contributed by atoms with E-state index in [2.05, 4.69) is 15.1 Å². The molecule has 0 unspecified atom stereocenters. The van der Waals surface area contributed by atoms with E-state index in [1.54, 1.807) is 18.2 Å². The maximum absolute atomic E-state index is 14.0. The molecule has 8 nitrogen and oxygen atoms in total. The molecule has 2 aromatic carbocycles. The van der Waals surface area contributed by atoms with Crippen molar-refractivity contribution < 1.29 is 13.7 Å². The van der Waals surface area contributed by atoms with Gasteiger partial charge >= 0.3 is 0 Å². The second-order valence-electron chi connectivity index (χ2n) is 8.79. The van der Waals surface area contributed by atoms with E-state index in [4.69, 9.17) is 4.52 Å². The normalized spacial score (nSPS) is 14.0. The minimum Gasteiger partial charge on any atom is -0.366 e. The number of benzene rings is 2. The molecule has 0 bridgehead atoms. The van der Waals surface area contributed by atoms with Crippen molar-refractivity contribution in [2.45, 2.75) is 26.2 Å². The summed E-state index contributed by atoms with van der Waals surface area (Å²) in [5.74, 6) is 0.437. The molecule has 1 N–H and O–H groups in total. The first-order valence-corrected chi connectivity index (χ1v) is 11.7. The fraction of sp³-hybridized carbons (Fsp3) is 0.308. The summed E-state index contributed by atoms with van der Waals surface area (Å²) >= 11 is 0.